The van der Waals surface area contributed by atoms with Crippen LogP contribution in [0.15, 0.2) is 6.07 Å². The number of carbonyl (C=O) groups is 1. The molecule has 126 valence electrons. The van der Waals surface area contributed by atoms with Crippen molar-refractivity contribution in [2.75, 3.05) is 13.6 Å². The number of hydrazine groups is 1. The highest BCUT2D eigenvalue weighted by molar-refractivity contribution is 7.87. The van der Waals surface area contributed by atoms with Gasteiger partial charge in [0.15, 0.2) is 0 Å². The first-order chi connectivity index (χ1) is 10.8. The van der Waals surface area contributed by atoms with E-state index in [0.29, 0.717) is 10.8 Å². The number of carbonyl (C=O) groups excluding carboxylic acids is 1. The minimum atomic E-state index is -3.84. The zero-order chi connectivity index (χ0) is 17.0. The van der Waals surface area contributed by atoms with E-state index in [1.165, 1.54) is 28.8 Å². The smallest absolute Gasteiger partial charge is 0.272 e. The molecular formula is C14H20N4O3S2. The third-order valence-corrected chi connectivity index (χ3v) is 6.39. The van der Waals surface area contributed by atoms with Crippen molar-refractivity contribution < 1.29 is 13.2 Å². The maximum atomic E-state index is 12.1. The summed E-state index contributed by atoms with van der Waals surface area (Å²) < 4.78 is 24.8. The largest absolute Gasteiger partial charge is 0.296 e. The number of thiophene rings is 1. The number of nitriles is 1. The lowest BCUT2D eigenvalue weighted by Crippen LogP contribution is -2.48. The molecule has 1 aromatic heterocycles. The Hall–Kier alpha value is -1.47. The van der Waals surface area contributed by atoms with Gasteiger partial charge in [-0.15, -0.1) is 16.2 Å². The molecule has 1 aliphatic rings. The van der Waals surface area contributed by atoms with Crippen molar-refractivity contribution in [1.82, 2.24) is 14.6 Å². The number of hydrogen-bond acceptors (Lipinski definition) is 5. The Morgan fingerprint density at radius 2 is 2.30 bits per heavy atom. The van der Waals surface area contributed by atoms with E-state index >= 15 is 0 Å². The molecule has 9 heteroatoms. The van der Waals surface area contributed by atoms with Gasteiger partial charge in [-0.1, -0.05) is 6.92 Å². The van der Waals surface area contributed by atoms with Crippen molar-refractivity contribution in [3.63, 3.8) is 0 Å². The summed E-state index contributed by atoms with van der Waals surface area (Å²) in [4.78, 5) is 15.9. The van der Waals surface area contributed by atoms with Gasteiger partial charge in [0.1, 0.15) is 0 Å². The molecule has 0 unspecified atom stereocenters. The van der Waals surface area contributed by atoms with Crippen molar-refractivity contribution in [3.8, 4) is 6.07 Å². The standard InChI is InChI=1S/C14H20N4O3S2/c1-10-4-5-12-11(8-10)9-13(22-12)14(19)16-17-23(20,21)18(2)7-3-6-15/h9-10,17H,3-5,7-8H2,1-2H3,(H,16,19)/t10-/m0/s1. The van der Waals surface area contributed by atoms with Crippen molar-refractivity contribution in [2.45, 2.75) is 32.6 Å². The molecule has 2 rings (SSSR count). The monoisotopic (exact) mass is 356 g/mol. The molecule has 7 nitrogen and oxygen atoms in total. The summed E-state index contributed by atoms with van der Waals surface area (Å²) >= 11 is 1.41. The Morgan fingerprint density at radius 3 is 3.00 bits per heavy atom. The average Bonchev–Trinajstić information content (AvgIpc) is 2.93. The van der Waals surface area contributed by atoms with Crippen molar-refractivity contribution in [2.24, 2.45) is 5.92 Å². The molecule has 1 aliphatic carbocycles. The molecular weight excluding hydrogens is 336 g/mol. The third kappa shape index (κ3) is 4.51. The average molecular weight is 356 g/mol. The Bertz CT molecular complexity index is 721. The number of nitrogens with zero attached hydrogens (tertiary/aromatic N) is 2. The molecule has 0 radical (unpaired) electrons. The Kier molecular flexibility index (Phi) is 5.75. The van der Waals surface area contributed by atoms with Crippen LogP contribution >= 0.6 is 11.3 Å². The quantitative estimate of drug-likeness (QED) is 0.748. The Balaban J connectivity index is 1.96. The summed E-state index contributed by atoms with van der Waals surface area (Å²) in [6.45, 7) is 2.25. The van der Waals surface area contributed by atoms with Crippen LogP contribution < -0.4 is 10.3 Å². The first kappa shape index (κ1) is 17.9. The van der Waals surface area contributed by atoms with Gasteiger partial charge in [0.2, 0.25) is 0 Å². The molecule has 1 aromatic rings. The highest BCUT2D eigenvalue weighted by Gasteiger charge is 2.22. The molecule has 1 heterocycles. The van der Waals surface area contributed by atoms with Crippen molar-refractivity contribution in [3.05, 3.63) is 21.4 Å². The number of amides is 1. The minimum absolute atomic E-state index is 0.0624. The molecule has 23 heavy (non-hydrogen) atoms. The number of rotatable bonds is 6. The van der Waals surface area contributed by atoms with Crippen LogP contribution in [0, 0.1) is 17.2 Å². The maximum Gasteiger partial charge on any atom is 0.296 e. The van der Waals surface area contributed by atoms with Crippen LogP contribution in [0.3, 0.4) is 0 Å². The summed E-state index contributed by atoms with van der Waals surface area (Å²) in [7, 11) is -2.50. The molecule has 0 spiro atoms. The number of aryl methyl sites for hydroxylation is 1. The molecule has 0 aliphatic heterocycles. The molecule has 0 saturated carbocycles. The molecule has 1 atom stereocenters. The predicted octanol–water partition coefficient (Wildman–Crippen LogP) is 1.20. The van der Waals surface area contributed by atoms with Crippen LogP contribution in [0.1, 0.15) is 39.9 Å². The molecule has 0 bridgehead atoms. The molecule has 0 fully saturated rings. The first-order valence-electron chi connectivity index (χ1n) is 7.35. The van der Waals surface area contributed by atoms with Gasteiger partial charge < -0.3 is 0 Å². The van der Waals surface area contributed by atoms with E-state index in [4.69, 9.17) is 5.26 Å². The van der Waals surface area contributed by atoms with E-state index in [2.05, 4.69) is 17.2 Å². The summed E-state index contributed by atoms with van der Waals surface area (Å²) in [5.41, 5.74) is 3.41. The third-order valence-electron chi connectivity index (χ3n) is 3.80. The zero-order valence-corrected chi connectivity index (χ0v) is 14.8. The molecule has 0 aromatic carbocycles. The second-order valence-electron chi connectivity index (χ2n) is 5.70. The highest BCUT2D eigenvalue weighted by Crippen LogP contribution is 2.32. The Labute approximate surface area is 140 Å². The van der Waals surface area contributed by atoms with Crippen LogP contribution in [-0.2, 0) is 23.1 Å². The van der Waals surface area contributed by atoms with Gasteiger partial charge in [0.25, 0.3) is 16.1 Å². The summed E-state index contributed by atoms with van der Waals surface area (Å²) in [6.07, 6.45) is 3.13. The predicted molar refractivity (Wildman–Crippen MR) is 87.9 cm³/mol. The van der Waals surface area contributed by atoms with E-state index in [1.54, 1.807) is 0 Å². The fraction of sp³-hybridized carbons (Fsp3) is 0.571. The minimum Gasteiger partial charge on any atom is -0.272 e. The summed E-state index contributed by atoms with van der Waals surface area (Å²) in [5.74, 6) is 0.148. The van der Waals surface area contributed by atoms with E-state index in [0.717, 1.165) is 23.6 Å². The number of nitrogens with one attached hydrogen (secondary N) is 2. The van der Waals surface area contributed by atoms with Crippen LogP contribution in [0.25, 0.3) is 0 Å². The van der Waals surface area contributed by atoms with Crippen LogP contribution in [0.4, 0.5) is 0 Å². The summed E-state index contributed by atoms with van der Waals surface area (Å²) in [6, 6.07) is 3.72. The lowest BCUT2D eigenvalue weighted by atomic mass is 9.90. The topological polar surface area (TPSA) is 102 Å². The van der Waals surface area contributed by atoms with Crippen molar-refractivity contribution in [1.29, 1.82) is 5.26 Å². The highest BCUT2D eigenvalue weighted by atomic mass is 32.2. The lowest BCUT2D eigenvalue weighted by Gasteiger charge is -2.16. The lowest BCUT2D eigenvalue weighted by molar-refractivity contribution is 0.0948. The number of hydrogen-bond donors (Lipinski definition) is 2. The number of fused-ring (bicyclic) bond motifs is 1. The maximum absolute atomic E-state index is 12.1. The second kappa shape index (κ2) is 7.40. The van der Waals surface area contributed by atoms with E-state index in [-0.39, 0.29) is 13.0 Å². The fourth-order valence-corrected chi connectivity index (χ4v) is 4.21. The SMILES string of the molecule is C[C@H]1CCc2sc(C(=O)NNS(=O)(=O)N(C)CCC#N)cc2C1. The molecule has 1 amide bonds. The van der Waals surface area contributed by atoms with Gasteiger partial charge in [-0.2, -0.15) is 18.0 Å². The zero-order valence-electron chi connectivity index (χ0n) is 13.1. The van der Waals surface area contributed by atoms with Gasteiger partial charge in [-0.25, -0.2) is 0 Å². The van der Waals surface area contributed by atoms with Crippen LogP contribution in [0.2, 0.25) is 0 Å². The van der Waals surface area contributed by atoms with Gasteiger partial charge in [-0.3, -0.25) is 10.2 Å². The normalized spacial score (nSPS) is 17.6. The van der Waals surface area contributed by atoms with Gasteiger partial charge in [0, 0.05) is 24.9 Å². The Morgan fingerprint density at radius 1 is 1.57 bits per heavy atom. The van der Waals surface area contributed by atoms with Gasteiger partial charge in [0.05, 0.1) is 10.9 Å². The fourth-order valence-electron chi connectivity index (χ4n) is 2.40. The van der Waals surface area contributed by atoms with Gasteiger partial charge >= 0.3 is 0 Å². The van der Waals surface area contributed by atoms with E-state index in [1.807, 2.05) is 12.1 Å². The van der Waals surface area contributed by atoms with Crippen LogP contribution in [-0.4, -0.2) is 32.2 Å². The van der Waals surface area contributed by atoms with Gasteiger partial charge in [-0.05, 0) is 36.8 Å². The van der Waals surface area contributed by atoms with E-state index < -0.39 is 16.1 Å². The van der Waals surface area contributed by atoms with Crippen LogP contribution in [0.5, 0.6) is 0 Å². The second-order valence-corrected chi connectivity index (χ2v) is 8.61. The first-order valence-corrected chi connectivity index (χ1v) is 9.61. The molecule has 0 saturated heterocycles. The summed E-state index contributed by atoms with van der Waals surface area (Å²) in [5, 5.41) is 8.49. The molecule has 2 N–H and O–H groups in total. The van der Waals surface area contributed by atoms with E-state index in [9.17, 15) is 13.2 Å². The van der Waals surface area contributed by atoms with Crippen molar-refractivity contribution >= 4 is 27.5 Å².